The maximum Gasteiger partial charge on any atom is 0.350 e. The molecule has 21 heavy (non-hydrogen) atoms. The SMILES string of the molecule is CC1=CC(C)N(C(=O)NS(=O)(=O)c2c(Cl)cccc2Cl)N1. The molecule has 1 unspecified atom stereocenters. The summed E-state index contributed by atoms with van der Waals surface area (Å²) in [5.41, 5.74) is 3.51. The molecule has 1 aromatic rings. The highest BCUT2D eigenvalue weighted by Crippen LogP contribution is 2.28. The van der Waals surface area contributed by atoms with Gasteiger partial charge in [-0.05, 0) is 32.1 Å². The van der Waals surface area contributed by atoms with Crippen molar-refractivity contribution in [3.63, 3.8) is 0 Å². The first-order valence-corrected chi connectivity index (χ1v) is 8.21. The molecule has 0 aliphatic carbocycles. The van der Waals surface area contributed by atoms with Gasteiger partial charge >= 0.3 is 6.03 Å². The summed E-state index contributed by atoms with van der Waals surface area (Å²) in [6.07, 6.45) is 1.79. The zero-order valence-corrected chi connectivity index (χ0v) is 13.6. The maximum absolute atomic E-state index is 12.3. The molecule has 0 saturated carbocycles. The molecule has 1 aliphatic heterocycles. The molecule has 0 spiro atoms. The van der Waals surface area contributed by atoms with Gasteiger partial charge in [-0.1, -0.05) is 29.3 Å². The lowest BCUT2D eigenvalue weighted by Crippen LogP contribution is -2.49. The van der Waals surface area contributed by atoms with E-state index >= 15 is 0 Å². The average molecular weight is 350 g/mol. The van der Waals surface area contributed by atoms with E-state index in [1.54, 1.807) is 19.9 Å². The molecular weight excluding hydrogens is 337 g/mol. The van der Waals surface area contributed by atoms with E-state index in [4.69, 9.17) is 23.2 Å². The first-order chi connectivity index (χ1) is 9.72. The number of carbonyl (C=O) groups is 1. The number of amides is 2. The Labute approximate surface area is 132 Å². The van der Waals surface area contributed by atoms with Crippen LogP contribution in [-0.2, 0) is 10.0 Å². The number of carbonyl (C=O) groups excluding carboxylic acids is 1. The monoisotopic (exact) mass is 349 g/mol. The number of hydrazine groups is 1. The van der Waals surface area contributed by atoms with E-state index in [9.17, 15) is 13.2 Å². The second kappa shape index (κ2) is 5.75. The highest BCUT2D eigenvalue weighted by atomic mass is 35.5. The Morgan fingerprint density at radius 1 is 1.33 bits per heavy atom. The van der Waals surface area contributed by atoms with Gasteiger partial charge in [0.05, 0.1) is 16.1 Å². The Morgan fingerprint density at radius 3 is 2.38 bits per heavy atom. The number of sulfonamides is 1. The van der Waals surface area contributed by atoms with Crippen molar-refractivity contribution in [2.45, 2.75) is 24.8 Å². The molecule has 1 atom stereocenters. The summed E-state index contributed by atoms with van der Waals surface area (Å²) in [7, 11) is -4.17. The van der Waals surface area contributed by atoms with Gasteiger partial charge in [0.2, 0.25) is 0 Å². The molecular formula is C12H13Cl2N3O3S. The minimum atomic E-state index is -4.17. The van der Waals surface area contributed by atoms with Gasteiger partial charge in [0.1, 0.15) is 4.90 Å². The van der Waals surface area contributed by atoms with Crippen molar-refractivity contribution in [2.75, 3.05) is 0 Å². The first-order valence-electron chi connectivity index (χ1n) is 5.97. The lowest BCUT2D eigenvalue weighted by atomic mass is 10.3. The van der Waals surface area contributed by atoms with Gasteiger partial charge in [0.15, 0.2) is 0 Å². The van der Waals surface area contributed by atoms with E-state index in [0.717, 1.165) is 10.7 Å². The summed E-state index contributed by atoms with van der Waals surface area (Å²) in [5, 5.41) is 1.05. The second-order valence-electron chi connectivity index (χ2n) is 4.53. The minimum Gasteiger partial charge on any atom is -0.299 e. The number of rotatable bonds is 2. The maximum atomic E-state index is 12.3. The molecule has 9 heteroatoms. The van der Waals surface area contributed by atoms with E-state index in [0.29, 0.717) is 0 Å². The van der Waals surface area contributed by atoms with Crippen LogP contribution in [0.2, 0.25) is 10.0 Å². The van der Waals surface area contributed by atoms with Crippen molar-refractivity contribution >= 4 is 39.3 Å². The van der Waals surface area contributed by atoms with Crippen LogP contribution < -0.4 is 10.1 Å². The number of urea groups is 1. The van der Waals surface area contributed by atoms with Crippen LogP contribution in [0.5, 0.6) is 0 Å². The van der Waals surface area contributed by atoms with E-state index < -0.39 is 16.1 Å². The van der Waals surface area contributed by atoms with Crippen molar-refractivity contribution in [1.29, 1.82) is 0 Å². The fraction of sp³-hybridized carbons (Fsp3) is 0.250. The van der Waals surface area contributed by atoms with Gasteiger partial charge < -0.3 is 0 Å². The summed E-state index contributed by atoms with van der Waals surface area (Å²) in [6, 6.07) is 3.20. The van der Waals surface area contributed by atoms with Crippen molar-refractivity contribution in [3.05, 3.63) is 40.0 Å². The summed E-state index contributed by atoms with van der Waals surface area (Å²) < 4.78 is 26.5. The molecule has 0 fully saturated rings. The molecule has 0 bridgehead atoms. The Kier molecular flexibility index (Phi) is 4.36. The lowest BCUT2D eigenvalue weighted by molar-refractivity contribution is 0.182. The van der Waals surface area contributed by atoms with E-state index in [2.05, 4.69) is 5.43 Å². The third-order valence-corrected chi connectivity index (χ3v) is 5.10. The second-order valence-corrected chi connectivity index (χ2v) is 6.97. The molecule has 2 N–H and O–H groups in total. The molecule has 0 radical (unpaired) electrons. The zero-order chi connectivity index (χ0) is 15.8. The van der Waals surface area contributed by atoms with Gasteiger partial charge in [0.25, 0.3) is 10.0 Å². The standard InChI is InChI=1S/C12H13Cl2N3O3S/c1-7-6-8(2)17(15-7)12(18)16-21(19,20)11-9(13)4-3-5-10(11)14/h3-6,8,15H,1-2H3,(H,16,18). The predicted octanol–water partition coefficient (Wildman–Crippen LogP) is 2.50. The number of nitrogens with zero attached hydrogens (tertiary/aromatic N) is 1. The van der Waals surface area contributed by atoms with Gasteiger partial charge in [-0.25, -0.2) is 22.9 Å². The first kappa shape index (κ1) is 15.9. The van der Waals surface area contributed by atoms with Crippen LogP contribution in [0.3, 0.4) is 0 Å². The summed E-state index contributed by atoms with van der Waals surface area (Å²) in [4.78, 5) is 11.7. The van der Waals surface area contributed by atoms with Crippen LogP contribution in [-0.4, -0.2) is 25.5 Å². The van der Waals surface area contributed by atoms with E-state index in [1.807, 2.05) is 4.72 Å². The Hall–Kier alpha value is -1.44. The zero-order valence-electron chi connectivity index (χ0n) is 11.2. The van der Waals surface area contributed by atoms with Gasteiger partial charge in [0, 0.05) is 5.70 Å². The number of allylic oxidation sites excluding steroid dienone is 1. The third-order valence-electron chi connectivity index (χ3n) is 2.82. The Bertz CT molecular complexity index is 698. The van der Waals surface area contributed by atoms with Crippen LogP contribution in [0.25, 0.3) is 0 Å². The summed E-state index contributed by atoms with van der Waals surface area (Å²) in [5.74, 6) is 0. The van der Waals surface area contributed by atoms with Crippen molar-refractivity contribution in [3.8, 4) is 0 Å². The number of nitrogens with one attached hydrogen (secondary N) is 2. The topological polar surface area (TPSA) is 78.5 Å². The molecule has 1 aromatic carbocycles. The molecule has 0 aromatic heterocycles. The highest BCUT2D eigenvalue weighted by Gasteiger charge is 2.30. The van der Waals surface area contributed by atoms with E-state index in [-0.39, 0.29) is 21.0 Å². The molecule has 6 nitrogen and oxygen atoms in total. The highest BCUT2D eigenvalue weighted by molar-refractivity contribution is 7.90. The average Bonchev–Trinajstić information content (AvgIpc) is 2.67. The van der Waals surface area contributed by atoms with Crippen molar-refractivity contribution in [1.82, 2.24) is 15.2 Å². The van der Waals surface area contributed by atoms with Crippen molar-refractivity contribution in [2.24, 2.45) is 0 Å². The molecule has 1 aliphatic rings. The van der Waals surface area contributed by atoms with Crippen LogP contribution in [0.1, 0.15) is 13.8 Å². The number of benzene rings is 1. The number of hydrogen-bond acceptors (Lipinski definition) is 4. The molecule has 0 saturated heterocycles. The fourth-order valence-corrected chi connectivity index (χ4v) is 4.04. The Balaban J connectivity index is 2.25. The largest absolute Gasteiger partial charge is 0.350 e. The smallest absolute Gasteiger partial charge is 0.299 e. The Morgan fingerprint density at radius 2 is 1.90 bits per heavy atom. The third kappa shape index (κ3) is 3.25. The number of halogens is 2. The minimum absolute atomic E-state index is 0.0560. The summed E-state index contributed by atoms with van der Waals surface area (Å²) >= 11 is 11.7. The van der Waals surface area contributed by atoms with Crippen LogP contribution in [0.15, 0.2) is 34.9 Å². The molecule has 2 amide bonds. The summed E-state index contributed by atoms with van der Waals surface area (Å²) in [6.45, 7) is 3.52. The molecule has 2 rings (SSSR count). The van der Waals surface area contributed by atoms with Crippen LogP contribution >= 0.6 is 23.2 Å². The normalized spacial score (nSPS) is 18.2. The predicted molar refractivity (Wildman–Crippen MR) is 80.4 cm³/mol. The molecule has 114 valence electrons. The molecule has 1 heterocycles. The number of hydrogen-bond donors (Lipinski definition) is 2. The lowest BCUT2D eigenvalue weighted by Gasteiger charge is -2.22. The van der Waals surface area contributed by atoms with Crippen molar-refractivity contribution < 1.29 is 13.2 Å². The van der Waals surface area contributed by atoms with Gasteiger partial charge in [-0.2, -0.15) is 0 Å². The van der Waals surface area contributed by atoms with Crippen LogP contribution in [0, 0.1) is 0 Å². The van der Waals surface area contributed by atoms with Gasteiger partial charge in [-0.3, -0.25) is 5.43 Å². The fourth-order valence-electron chi connectivity index (χ4n) is 1.96. The van der Waals surface area contributed by atoms with Gasteiger partial charge in [-0.15, -0.1) is 0 Å². The van der Waals surface area contributed by atoms with E-state index in [1.165, 1.54) is 18.2 Å². The van der Waals surface area contributed by atoms with Crippen LogP contribution in [0.4, 0.5) is 4.79 Å². The quantitative estimate of drug-likeness (QED) is 0.859.